The van der Waals surface area contributed by atoms with Crippen LogP contribution in [0.5, 0.6) is 0 Å². The topological polar surface area (TPSA) is 107 Å². The van der Waals surface area contributed by atoms with E-state index in [2.05, 4.69) is 50.6 Å². The summed E-state index contributed by atoms with van der Waals surface area (Å²) in [5.41, 5.74) is 3.39. The van der Waals surface area contributed by atoms with E-state index in [-0.39, 0.29) is 11.6 Å². The van der Waals surface area contributed by atoms with Crippen LogP contribution < -0.4 is 14.8 Å². The Balaban J connectivity index is 1.22. The standard InChI is InChI=1S/C29H39N5O3S/c1-29(2,31-21-28(35)25-9-6-16-30-20-25)19-23-10-12-26(13-11-23)32-38(36,37)33-27-14-17-34(18-15-27)22-24-7-4-3-5-8-24/h3-13,16,20,27-28,31-33,35H,14-15,17-19,21-22H2,1-2H3. The summed E-state index contributed by atoms with van der Waals surface area (Å²) in [6, 6.07) is 21.4. The van der Waals surface area contributed by atoms with E-state index in [1.165, 1.54) is 5.56 Å². The molecule has 1 saturated heterocycles. The first kappa shape index (κ1) is 28.2. The molecule has 0 saturated carbocycles. The van der Waals surface area contributed by atoms with E-state index >= 15 is 0 Å². The van der Waals surface area contributed by atoms with Crippen LogP contribution in [0.3, 0.4) is 0 Å². The third-order valence-electron chi connectivity index (χ3n) is 6.85. The van der Waals surface area contributed by atoms with E-state index in [4.69, 9.17) is 0 Å². The molecule has 2 heterocycles. The third kappa shape index (κ3) is 8.89. The summed E-state index contributed by atoms with van der Waals surface area (Å²) >= 11 is 0. The number of benzene rings is 2. The van der Waals surface area contributed by atoms with Crippen molar-refractivity contribution in [1.82, 2.24) is 19.9 Å². The van der Waals surface area contributed by atoms with Gasteiger partial charge in [-0.25, -0.2) is 0 Å². The van der Waals surface area contributed by atoms with Crippen molar-refractivity contribution in [2.75, 3.05) is 24.4 Å². The van der Waals surface area contributed by atoms with Gasteiger partial charge in [-0.3, -0.25) is 14.6 Å². The fourth-order valence-corrected chi connectivity index (χ4v) is 5.96. The molecule has 1 unspecified atom stereocenters. The lowest BCUT2D eigenvalue weighted by Crippen LogP contribution is -2.46. The highest BCUT2D eigenvalue weighted by Crippen LogP contribution is 2.19. The Bertz CT molecular complexity index is 1230. The molecule has 1 fully saturated rings. The predicted octanol–water partition coefficient (Wildman–Crippen LogP) is 3.64. The Morgan fingerprint density at radius 3 is 2.37 bits per heavy atom. The first-order valence-electron chi connectivity index (χ1n) is 13.2. The fourth-order valence-electron chi connectivity index (χ4n) is 4.78. The molecule has 1 aliphatic rings. The molecule has 9 heteroatoms. The number of aliphatic hydroxyl groups is 1. The Kier molecular flexibility index (Phi) is 9.51. The number of aromatic nitrogens is 1. The molecule has 0 amide bonds. The molecule has 0 bridgehead atoms. The number of rotatable bonds is 12. The second kappa shape index (κ2) is 12.8. The Labute approximate surface area is 226 Å². The van der Waals surface area contributed by atoms with E-state index < -0.39 is 16.3 Å². The number of nitrogens with zero attached hydrogens (tertiary/aromatic N) is 2. The Morgan fingerprint density at radius 2 is 1.71 bits per heavy atom. The van der Waals surface area contributed by atoms with Crippen LogP contribution in [0.15, 0.2) is 79.1 Å². The average Bonchev–Trinajstić information content (AvgIpc) is 2.90. The second-order valence-corrected chi connectivity index (χ2v) is 12.1. The molecule has 4 rings (SSSR count). The van der Waals surface area contributed by atoms with Crippen molar-refractivity contribution < 1.29 is 13.5 Å². The summed E-state index contributed by atoms with van der Waals surface area (Å²) in [4.78, 5) is 6.42. The van der Waals surface area contributed by atoms with Gasteiger partial charge in [-0.05, 0) is 62.4 Å². The van der Waals surface area contributed by atoms with E-state index in [0.29, 0.717) is 12.2 Å². The monoisotopic (exact) mass is 537 g/mol. The average molecular weight is 538 g/mol. The number of aliphatic hydroxyl groups excluding tert-OH is 1. The maximum absolute atomic E-state index is 12.7. The normalized spacial score (nSPS) is 16.3. The zero-order valence-electron chi connectivity index (χ0n) is 22.2. The van der Waals surface area contributed by atoms with E-state index in [1.807, 2.05) is 42.5 Å². The highest BCUT2D eigenvalue weighted by molar-refractivity contribution is 7.90. The first-order valence-corrected chi connectivity index (χ1v) is 14.6. The minimum absolute atomic E-state index is 0.0762. The molecule has 1 aliphatic heterocycles. The molecule has 4 N–H and O–H groups in total. The highest BCUT2D eigenvalue weighted by atomic mass is 32.2. The van der Waals surface area contributed by atoms with Crippen LogP contribution in [0.4, 0.5) is 5.69 Å². The molecule has 204 valence electrons. The Morgan fingerprint density at radius 1 is 1.00 bits per heavy atom. The number of anilines is 1. The Hall–Kier alpha value is -2.82. The number of β-amino-alcohol motifs (C(OH)–C–C–N with tert-alkyl or cyclic N) is 1. The van der Waals surface area contributed by atoms with Gasteiger partial charge in [0.05, 0.1) is 6.10 Å². The smallest absolute Gasteiger partial charge is 0.299 e. The summed E-state index contributed by atoms with van der Waals surface area (Å²) in [7, 11) is -3.67. The molecule has 0 radical (unpaired) electrons. The van der Waals surface area contributed by atoms with E-state index in [1.54, 1.807) is 24.5 Å². The van der Waals surface area contributed by atoms with Gasteiger partial charge in [0.2, 0.25) is 0 Å². The lowest BCUT2D eigenvalue weighted by Gasteiger charge is -2.32. The number of hydrogen-bond acceptors (Lipinski definition) is 6. The van der Waals surface area contributed by atoms with Gasteiger partial charge in [0, 0.05) is 61.4 Å². The molecular formula is C29H39N5O3S. The van der Waals surface area contributed by atoms with Crippen molar-refractivity contribution in [3.63, 3.8) is 0 Å². The first-order chi connectivity index (χ1) is 18.2. The van der Waals surface area contributed by atoms with Crippen LogP contribution in [0.1, 0.15) is 49.5 Å². The zero-order valence-corrected chi connectivity index (χ0v) is 23.0. The van der Waals surface area contributed by atoms with Crippen LogP contribution in [-0.2, 0) is 23.2 Å². The van der Waals surface area contributed by atoms with Gasteiger partial charge in [-0.1, -0.05) is 48.5 Å². The van der Waals surface area contributed by atoms with Crippen LogP contribution in [-0.4, -0.2) is 54.6 Å². The number of pyridine rings is 1. The summed E-state index contributed by atoms with van der Waals surface area (Å²) in [5, 5.41) is 13.8. The third-order valence-corrected chi connectivity index (χ3v) is 8.00. The van der Waals surface area contributed by atoms with Gasteiger partial charge in [-0.15, -0.1) is 0 Å². The molecule has 38 heavy (non-hydrogen) atoms. The van der Waals surface area contributed by atoms with Crippen LogP contribution in [0.25, 0.3) is 0 Å². The summed E-state index contributed by atoms with van der Waals surface area (Å²) in [6.45, 7) is 7.18. The predicted molar refractivity (Wildman–Crippen MR) is 152 cm³/mol. The van der Waals surface area contributed by atoms with Crippen LogP contribution in [0, 0.1) is 0 Å². The summed E-state index contributed by atoms with van der Waals surface area (Å²) in [5.74, 6) is 0. The van der Waals surface area contributed by atoms with Gasteiger partial charge in [0.1, 0.15) is 0 Å². The number of piperidine rings is 1. The van der Waals surface area contributed by atoms with Crippen molar-refractivity contribution in [2.24, 2.45) is 0 Å². The molecule has 1 aromatic heterocycles. The molecule has 2 aromatic carbocycles. The quantitative estimate of drug-likeness (QED) is 0.281. The van der Waals surface area contributed by atoms with E-state index in [9.17, 15) is 13.5 Å². The lowest BCUT2D eigenvalue weighted by atomic mass is 9.94. The number of nitrogens with one attached hydrogen (secondary N) is 3. The molecule has 3 aromatic rings. The number of likely N-dealkylation sites (tertiary alicyclic amines) is 1. The van der Waals surface area contributed by atoms with Gasteiger partial charge in [0.25, 0.3) is 10.2 Å². The van der Waals surface area contributed by atoms with Gasteiger partial charge >= 0.3 is 0 Å². The lowest BCUT2D eigenvalue weighted by molar-refractivity contribution is 0.160. The zero-order chi connectivity index (χ0) is 27.0. The molecule has 0 spiro atoms. The highest BCUT2D eigenvalue weighted by Gasteiger charge is 2.24. The summed E-state index contributed by atoms with van der Waals surface area (Å²) < 4.78 is 31.0. The summed E-state index contributed by atoms with van der Waals surface area (Å²) in [6.07, 6.45) is 5.00. The molecule has 0 aliphatic carbocycles. The largest absolute Gasteiger partial charge is 0.387 e. The van der Waals surface area contributed by atoms with Gasteiger partial charge in [0.15, 0.2) is 0 Å². The van der Waals surface area contributed by atoms with Gasteiger partial charge < -0.3 is 10.4 Å². The SMILES string of the molecule is CC(C)(Cc1ccc(NS(=O)(=O)NC2CCN(Cc3ccccc3)CC2)cc1)NCC(O)c1cccnc1. The van der Waals surface area contributed by atoms with Crippen molar-refractivity contribution in [1.29, 1.82) is 0 Å². The minimum Gasteiger partial charge on any atom is -0.387 e. The molecule has 8 nitrogen and oxygen atoms in total. The maximum atomic E-state index is 12.7. The minimum atomic E-state index is -3.67. The molecular weight excluding hydrogens is 498 g/mol. The maximum Gasteiger partial charge on any atom is 0.299 e. The van der Waals surface area contributed by atoms with Crippen molar-refractivity contribution in [2.45, 2.75) is 57.3 Å². The van der Waals surface area contributed by atoms with E-state index in [0.717, 1.165) is 50.0 Å². The number of hydrogen-bond donors (Lipinski definition) is 4. The fraction of sp³-hybridized carbons (Fsp3) is 0.414. The second-order valence-electron chi connectivity index (χ2n) is 10.7. The molecule has 1 atom stereocenters. The van der Waals surface area contributed by atoms with Crippen molar-refractivity contribution in [3.8, 4) is 0 Å². The van der Waals surface area contributed by atoms with Crippen molar-refractivity contribution >= 4 is 15.9 Å². The van der Waals surface area contributed by atoms with Crippen LogP contribution >= 0.6 is 0 Å². The van der Waals surface area contributed by atoms with Crippen LogP contribution in [0.2, 0.25) is 0 Å². The van der Waals surface area contributed by atoms with Gasteiger partial charge in [-0.2, -0.15) is 13.1 Å². The van der Waals surface area contributed by atoms with Crippen molar-refractivity contribution in [3.05, 3.63) is 95.8 Å².